The van der Waals surface area contributed by atoms with Crippen LogP contribution in [0.15, 0.2) is 0 Å². The number of fused-ring (bicyclic) bond motifs is 2. The van der Waals surface area contributed by atoms with E-state index in [0.29, 0.717) is 32.1 Å². The lowest BCUT2D eigenvalue weighted by Gasteiger charge is -2.49. The summed E-state index contributed by atoms with van der Waals surface area (Å²) in [5.74, 6) is -0.849. The Morgan fingerprint density at radius 3 is 2.61 bits per heavy atom. The van der Waals surface area contributed by atoms with Gasteiger partial charge in [-0.3, -0.25) is 9.59 Å². The molecule has 1 aliphatic carbocycles. The number of hydrogen-bond donors (Lipinski definition) is 2. The minimum atomic E-state index is -1.35. The molecule has 4 aliphatic rings. The summed E-state index contributed by atoms with van der Waals surface area (Å²) in [4.78, 5) is 25.5. The van der Waals surface area contributed by atoms with Crippen LogP contribution in [0.4, 0.5) is 0 Å². The van der Waals surface area contributed by atoms with Crippen LogP contribution in [0.1, 0.15) is 79.6 Å². The number of hydrogen-bond acceptors (Lipinski definition) is 7. The highest BCUT2D eigenvalue weighted by Crippen LogP contribution is 2.60. The van der Waals surface area contributed by atoms with Crippen LogP contribution in [0.3, 0.4) is 0 Å². The third kappa shape index (κ3) is 3.70. The molecule has 0 amide bonds. The fraction of sp³-hybridized carbons (Fsp3) is 0.917. The first-order valence-electron chi connectivity index (χ1n) is 11.9. The van der Waals surface area contributed by atoms with Crippen LogP contribution < -0.4 is 0 Å². The number of carbonyl (C=O) groups excluding carboxylic acids is 2. The van der Waals surface area contributed by atoms with Gasteiger partial charge < -0.3 is 24.4 Å². The summed E-state index contributed by atoms with van der Waals surface area (Å²) in [6.07, 6.45) is 1.73. The molecule has 0 aromatic heterocycles. The summed E-state index contributed by atoms with van der Waals surface area (Å²) >= 11 is 0. The van der Waals surface area contributed by atoms with Gasteiger partial charge >= 0.3 is 11.9 Å². The van der Waals surface area contributed by atoms with Crippen molar-refractivity contribution in [1.82, 2.24) is 0 Å². The molecule has 0 aromatic carbocycles. The highest BCUT2D eigenvalue weighted by molar-refractivity contribution is 5.73. The van der Waals surface area contributed by atoms with Crippen molar-refractivity contribution in [3.8, 4) is 0 Å². The average Bonchev–Trinajstić information content (AvgIpc) is 3.03. The lowest BCUT2D eigenvalue weighted by molar-refractivity contribution is -0.183. The summed E-state index contributed by atoms with van der Waals surface area (Å²) in [5.41, 5.74) is -2.99. The Labute approximate surface area is 184 Å². The fourth-order valence-corrected chi connectivity index (χ4v) is 6.87. The normalized spacial score (nSPS) is 51.7. The molecule has 2 bridgehead atoms. The quantitative estimate of drug-likeness (QED) is 0.653. The maximum absolute atomic E-state index is 13.0. The minimum Gasteiger partial charge on any atom is -0.459 e. The molecule has 3 saturated heterocycles. The van der Waals surface area contributed by atoms with Gasteiger partial charge in [0, 0.05) is 24.7 Å². The van der Waals surface area contributed by atoms with Crippen LogP contribution in [0.2, 0.25) is 0 Å². The first kappa shape index (κ1) is 23.0. The van der Waals surface area contributed by atoms with Crippen molar-refractivity contribution in [2.24, 2.45) is 23.7 Å². The molecule has 4 rings (SSSR count). The first-order chi connectivity index (χ1) is 14.4. The van der Waals surface area contributed by atoms with Gasteiger partial charge in [-0.05, 0) is 58.8 Å². The monoisotopic (exact) mass is 438 g/mol. The van der Waals surface area contributed by atoms with Gasteiger partial charge in [0.05, 0.1) is 23.7 Å². The topological polar surface area (TPSA) is 102 Å². The van der Waals surface area contributed by atoms with Crippen LogP contribution in [-0.2, 0) is 23.8 Å². The van der Waals surface area contributed by atoms with Crippen LogP contribution in [0.25, 0.3) is 0 Å². The van der Waals surface area contributed by atoms with E-state index in [-0.39, 0.29) is 48.1 Å². The highest BCUT2D eigenvalue weighted by Gasteiger charge is 2.67. The molecule has 2 N–H and O–H groups in total. The zero-order valence-corrected chi connectivity index (χ0v) is 19.4. The van der Waals surface area contributed by atoms with E-state index in [1.807, 2.05) is 27.7 Å². The molecule has 31 heavy (non-hydrogen) atoms. The Bertz CT molecular complexity index is 735. The number of aliphatic hydroxyl groups excluding tert-OH is 1. The van der Waals surface area contributed by atoms with Crippen LogP contribution in [0.5, 0.6) is 0 Å². The molecule has 7 heteroatoms. The number of rotatable bonds is 3. The molecule has 3 heterocycles. The molecular formula is C24H38O7. The Hall–Kier alpha value is -1.18. The molecule has 0 radical (unpaired) electrons. The summed E-state index contributed by atoms with van der Waals surface area (Å²) in [6, 6.07) is 0. The van der Waals surface area contributed by atoms with E-state index in [9.17, 15) is 19.8 Å². The van der Waals surface area contributed by atoms with E-state index in [0.717, 1.165) is 6.42 Å². The van der Waals surface area contributed by atoms with Crippen LogP contribution >= 0.6 is 0 Å². The third-order valence-corrected chi connectivity index (χ3v) is 8.66. The second kappa shape index (κ2) is 7.70. The van der Waals surface area contributed by atoms with Crippen molar-refractivity contribution in [2.75, 3.05) is 0 Å². The number of esters is 2. The SMILES string of the molecule is CCCC(=O)O[C@]1(C)CC[C@@H]2[C@H]3[C@@H]1[C@@H]1C[C@@](C)(O)[C@H](O)CC[C@](C)(OC(=O)[C@@H]2C)[C@H]3O1. The van der Waals surface area contributed by atoms with Crippen molar-refractivity contribution in [2.45, 2.75) is 115 Å². The summed E-state index contributed by atoms with van der Waals surface area (Å²) in [7, 11) is 0. The number of ether oxygens (including phenoxy) is 3. The minimum absolute atomic E-state index is 0.0179. The number of aliphatic hydroxyl groups is 2. The molecule has 1 saturated carbocycles. The Morgan fingerprint density at radius 1 is 1.23 bits per heavy atom. The van der Waals surface area contributed by atoms with Gasteiger partial charge in [-0.1, -0.05) is 13.8 Å². The fourth-order valence-electron chi connectivity index (χ4n) is 6.87. The van der Waals surface area contributed by atoms with Crippen molar-refractivity contribution in [1.29, 1.82) is 0 Å². The Kier molecular flexibility index (Phi) is 5.71. The molecule has 4 fully saturated rings. The van der Waals surface area contributed by atoms with Gasteiger partial charge in [-0.2, -0.15) is 0 Å². The standard InChI is InChI=1S/C24H38O7/c1-6-7-17(26)30-23(4)10-8-14-13(2)21(27)31-24(5)11-9-16(25)22(3,28)12-15-19(23)18(14)20(24)29-15/h13-16,18-20,25,28H,6-12H2,1-5H3/t13-,14+,15+,16-,18+,19+,20+,22-,23-,24+/m1/s1. The zero-order chi connectivity index (χ0) is 22.8. The molecule has 3 aliphatic heterocycles. The van der Waals surface area contributed by atoms with E-state index < -0.39 is 29.0 Å². The maximum atomic E-state index is 13.0. The molecule has 0 spiro atoms. The second-order valence-electron chi connectivity index (χ2n) is 11.1. The Morgan fingerprint density at radius 2 is 1.94 bits per heavy atom. The first-order valence-corrected chi connectivity index (χ1v) is 11.9. The maximum Gasteiger partial charge on any atom is 0.309 e. The summed E-state index contributed by atoms with van der Waals surface area (Å²) < 4.78 is 18.8. The second-order valence-corrected chi connectivity index (χ2v) is 11.1. The molecular weight excluding hydrogens is 400 g/mol. The van der Waals surface area contributed by atoms with Gasteiger partial charge in [0.2, 0.25) is 0 Å². The number of carbonyl (C=O) groups is 2. The molecule has 176 valence electrons. The van der Waals surface area contributed by atoms with E-state index in [1.165, 1.54) is 0 Å². The van der Waals surface area contributed by atoms with Crippen molar-refractivity contribution >= 4 is 11.9 Å². The molecule has 7 nitrogen and oxygen atoms in total. The van der Waals surface area contributed by atoms with E-state index in [2.05, 4.69) is 0 Å². The van der Waals surface area contributed by atoms with Crippen LogP contribution in [-0.4, -0.2) is 57.3 Å². The van der Waals surface area contributed by atoms with Crippen molar-refractivity contribution in [3.05, 3.63) is 0 Å². The van der Waals surface area contributed by atoms with Gasteiger partial charge in [-0.15, -0.1) is 0 Å². The van der Waals surface area contributed by atoms with E-state index in [1.54, 1.807) is 6.92 Å². The zero-order valence-electron chi connectivity index (χ0n) is 19.4. The van der Waals surface area contributed by atoms with Gasteiger partial charge in [-0.25, -0.2) is 0 Å². The van der Waals surface area contributed by atoms with Gasteiger partial charge in [0.25, 0.3) is 0 Å². The lowest BCUT2D eigenvalue weighted by atomic mass is 9.57. The van der Waals surface area contributed by atoms with E-state index >= 15 is 0 Å². The van der Waals surface area contributed by atoms with Gasteiger partial charge in [0.1, 0.15) is 17.3 Å². The smallest absolute Gasteiger partial charge is 0.309 e. The largest absolute Gasteiger partial charge is 0.459 e. The van der Waals surface area contributed by atoms with E-state index in [4.69, 9.17) is 14.2 Å². The predicted octanol–water partition coefficient (Wildman–Crippen LogP) is 2.75. The van der Waals surface area contributed by atoms with Crippen molar-refractivity contribution in [3.63, 3.8) is 0 Å². The van der Waals surface area contributed by atoms with Crippen LogP contribution in [0, 0.1) is 23.7 Å². The third-order valence-electron chi connectivity index (χ3n) is 8.66. The van der Waals surface area contributed by atoms with Gasteiger partial charge in [0.15, 0.2) is 0 Å². The summed E-state index contributed by atoms with van der Waals surface area (Å²) in [6.45, 7) is 9.39. The lowest BCUT2D eigenvalue weighted by Crippen LogP contribution is -2.56. The molecule has 0 unspecified atom stereocenters. The predicted molar refractivity (Wildman–Crippen MR) is 112 cm³/mol. The Balaban J connectivity index is 1.81. The molecule has 0 aromatic rings. The summed E-state index contributed by atoms with van der Waals surface area (Å²) in [5, 5.41) is 21.8. The van der Waals surface area contributed by atoms with Crippen molar-refractivity contribution < 1.29 is 34.0 Å². The average molecular weight is 439 g/mol. The molecule has 10 atom stereocenters. The highest BCUT2D eigenvalue weighted by atomic mass is 16.6.